The Bertz CT molecular complexity index is 813. The van der Waals surface area contributed by atoms with Crippen LogP contribution in [0.1, 0.15) is 27.3 Å². The van der Waals surface area contributed by atoms with E-state index in [1.165, 1.54) is 0 Å². The number of carbonyl (C=O) groups is 2. The summed E-state index contributed by atoms with van der Waals surface area (Å²) in [7, 11) is 0. The SMILES string of the molecule is C#CCNC(=O)COC(=O)c1cc(C)n(-c2ccccc2C)c1C. The van der Waals surface area contributed by atoms with Crippen LogP contribution in [0.4, 0.5) is 0 Å². The van der Waals surface area contributed by atoms with Gasteiger partial charge in [0.05, 0.1) is 12.1 Å². The van der Waals surface area contributed by atoms with Gasteiger partial charge in [-0.15, -0.1) is 6.42 Å². The molecule has 1 N–H and O–H groups in total. The van der Waals surface area contributed by atoms with Gasteiger partial charge in [0.2, 0.25) is 0 Å². The van der Waals surface area contributed by atoms with Crippen molar-refractivity contribution in [2.75, 3.05) is 13.2 Å². The molecule has 5 nitrogen and oxygen atoms in total. The van der Waals surface area contributed by atoms with Gasteiger partial charge in [-0.3, -0.25) is 4.79 Å². The number of nitrogens with one attached hydrogen (secondary N) is 1. The quantitative estimate of drug-likeness (QED) is 0.678. The maximum atomic E-state index is 12.3. The maximum absolute atomic E-state index is 12.3. The fourth-order valence-electron chi connectivity index (χ4n) is 2.56. The van der Waals surface area contributed by atoms with Crippen molar-refractivity contribution in [3.63, 3.8) is 0 Å². The number of hydrogen-bond acceptors (Lipinski definition) is 3. The summed E-state index contributed by atoms with van der Waals surface area (Å²) < 4.78 is 7.07. The molecule has 0 unspecified atom stereocenters. The van der Waals surface area contributed by atoms with E-state index in [4.69, 9.17) is 11.2 Å². The minimum atomic E-state index is -0.529. The summed E-state index contributed by atoms with van der Waals surface area (Å²) in [5.74, 6) is 1.33. The van der Waals surface area contributed by atoms with Crippen LogP contribution in [0.3, 0.4) is 0 Å². The minimum Gasteiger partial charge on any atom is -0.452 e. The predicted molar refractivity (Wildman–Crippen MR) is 92.1 cm³/mol. The third-order valence-electron chi connectivity index (χ3n) is 3.73. The van der Waals surface area contributed by atoms with Crippen LogP contribution >= 0.6 is 0 Å². The van der Waals surface area contributed by atoms with E-state index in [1.807, 2.05) is 49.6 Å². The number of rotatable bonds is 5. The molecule has 0 aliphatic heterocycles. The van der Waals surface area contributed by atoms with Crippen LogP contribution in [0.5, 0.6) is 0 Å². The number of terminal acetylenes is 1. The monoisotopic (exact) mass is 324 g/mol. The number of nitrogens with zero attached hydrogens (tertiary/aromatic N) is 1. The van der Waals surface area contributed by atoms with Crippen molar-refractivity contribution in [3.05, 3.63) is 52.8 Å². The molecule has 1 aromatic carbocycles. The lowest BCUT2D eigenvalue weighted by molar-refractivity contribution is -0.123. The summed E-state index contributed by atoms with van der Waals surface area (Å²) in [5.41, 5.74) is 4.26. The van der Waals surface area contributed by atoms with Crippen LogP contribution in [-0.2, 0) is 9.53 Å². The fourth-order valence-corrected chi connectivity index (χ4v) is 2.56. The molecule has 0 spiro atoms. The van der Waals surface area contributed by atoms with Crippen LogP contribution in [0.15, 0.2) is 30.3 Å². The first-order valence-electron chi connectivity index (χ1n) is 7.58. The van der Waals surface area contributed by atoms with Crippen LogP contribution in [-0.4, -0.2) is 29.6 Å². The highest BCUT2D eigenvalue weighted by Gasteiger charge is 2.19. The molecule has 2 rings (SSSR count). The number of hydrogen-bond donors (Lipinski definition) is 1. The molecule has 0 saturated heterocycles. The lowest BCUT2D eigenvalue weighted by Crippen LogP contribution is -2.29. The molecular formula is C19H20N2O3. The molecule has 0 atom stereocenters. The Labute approximate surface area is 141 Å². The van der Waals surface area contributed by atoms with Gasteiger partial charge in [0.15, 0.2) is 6.61 Å². The van der Waals surface area contributed by atoms with Gasteiger partial charge in [-0.1, -0.05) is 24.1 Å². The summed E-state index contributed by atoms with van der Waals surface area (Å²) in [5, 5.41) is 2.45. The lowest BCUT2D eigenvalue weighted by atomic mass is 10.2. The number of aromatic nitrogens is 1. The first-order chi connectivity index (χ1) is 11.5. The van der Waals surface area contributed by atoms with Gasteiger partial charge in [0, 0.05) is 17.1 Å². The van der Waals surface area contributed by atoms with Crippen molar-refractivity contribution in [2.45, 2.75) is 20.8 Å². The normalized spacial score (nSPS) is 10.1. The Morgan fingerprint density at radius 1 is 1.25 bits per heavy atom. The van der Waals surface area contributed by atoms with Crippen LogP contribution < -0.4 is 5.32 Å². The molecule has 124 valence electrons. The van der Waals surface area contributed by atoms with Gasteiger partial charge in [0.1, 0.15) is 0 Å². The number of esters is 1. The summed E-state index contributed by atoms with van der Waals surface area (Å²) in [4.78, 5) is 23.7. The van der Waals surface area contributed by atoms with E-state index in [9.17, 15) is 9.59 Å². The Kier molecular flexibility index (Phi) is 5.43. The summed E-state index contributed by atoms with van der Waals surface area (Å²) in [6.07, 6.45) is 5.06. The van der Waals surface area contributed by atoms with Gasteiger partial charge < -0.3 is 14.6 Å². The summed E-state index contributed by atoms with van der Waals surface area (Å²) >= 11 is 0. The Balaban J connectivity index is 2.20. The Hall–Kier alpha value is -3.00. The molecular weight excluding hydrogens is 304 g/mol. The summed E-state index contributed by atoms with van der Waals surface area (Å²) in [6, 6.07) is 9.70. The average Bonchev–Trinajstić information content (AvgIpc) is 2.86. The zero-order valence-electron chi connectivity index (χ0n) is 14.1. The largest absolute Gasteiger partial charge is 0.452 e. The zero-order chi connectivity index (χ0) is 17.7. The van der Waals surface area contributed by atoms with Crippen LogP contribution in [0.2, 0.25) is 0 Å². The fraction of sp³-hybridized carbons (Fsp3) is 0.263. The first kappa shape index (κ1) is 17.4. The lowest BCUT2D eigenvalue weighted by Gasteiger charge is -2.12. The smallest absolute Gasteiger partial charge is 0.340 e. The van der Waals surface area contributed by atoms with Crippen molar-refractivity contribution in [3.8, 4) is 18.0 Å². The number of benzene rings is 1. The molecule has 0 radical (unpaired) electrons. The first-order valence-corrected chi connectivity index (χ1v) is 7.58. The highest BCUT2D eigenvalue weighted by atomic mass is 16.5. The van der Waals surface area contributed by atoms with E-state index >= 15 is 0 Å². The van der Waals surface area contributed by atoms with Gasteiger partial charge in [-0.05, 0) is 38.5 Å². The number of amides is 1. The molecule has 2 aromatic rings. The second-order valence-corrected chi connectivity index (χ2v) is 5.46. The van der Waals surface area contributed by atoms with Crippen molar-refractivity contribution in [2.24, 2.45) is 0 Å². The van der Waals surface area contributed by atoms with Crippen molar-refractivity contribution in [1.29, 1.82) is 0 Å². The standard InChI is InChI=1S/C19H20N2O3/c1-5-10-20-18(22)12-24-19(23)16-11-14(3)21(15(16)4)17-9-7-6-8-13(17)2/h1,6-9,11H,10,12H2,2-4H3,(H,20,22). The number of para-hydroxylation sites is 1. The molecule has 24 heavy (non-hydrogen) atoms. The van der Waals surface area contributed by atoms with Crippen LogP contribution in [0, 0.1) is 33.1 Å². The topological polar surface area (TPSA) is 60.3 Å². The third-order valence-corrected chi connectivity index (χ3v) is 3.73. The average molecular weight is 324 g/mol. The van der Waals surface area contributed by atoms with Crippen molar-refractivity contribution in [1.82, 2.24) is 9.88 Å². The Morgan fingerprint density at radius 2 is 1.96 bits per heavy atom. The van der Waals surface area contributed by atoms with E-state index in [-0.39, 0.29) is 13.2 Å². The summed E-state index contributed by atoms with van der Waals surface area (Å²) in [6.45, 7) is 5.55. The molecule has 0 fully saturated rings. The van der Waals surface area contributed by atoms with E-state index in [0.717, 1.165) is 22.6 Å². The molecule has 1 amide bonds. The second-order valence-electron chi connectivity index (χ2n) is 5.46. The molecule has 1 heterocycles. The molecule has 0 aliphatic rings. The van der Waals surface area contributed by atoms with Gasteiger partial charge >= 0.3 is 5.97 Å². The van der Waals surface area contributed by atoms with Gasteiger partial charge in [0.25, 0.3) is 5.91 Å². The maximum Gasteiger partial charge on any atom is 0.340 e. The van der Waals surface area contributed by atoms with E-state index < -0.39 is 11.9 Å². The molecule has 1 aromatic heterocycles. The highest BCUT2D eigenvalue weighted by molar-refractivity contribution is 5.93. The molecule has 0 bridgehead atoms. The van der Waals surface area contributed by atoms with E-state index in [2.05, 4.69) is 11.2 Å². The van der Waals surface area contributed by atoms with E-state index in [0.29, 0.717) is 5.56 Å². The molecule has 0 saturated carbocycles. The zero-order valence-corrected chi connectivity index (χ0v) is 14.1. The Morgan fingerprint density at radius 3 is 2.62 bits per heavy atom. The van der Waals surface area contributed by atoms with Crippen molar-refractivity contribution < 1.29 is 14.3 Å². The minimum absolute atomic E-state index is 0.109. The van der Waals surface area contributed by atoms with Gasteiger partial charge in [-0.2, -0.15) is 0 Å². The molecule has 5 heteroatoms. The van der Waals surface area contributed by atoms with Gasteiger partial charge in [-0.25, -0.2) is 4.79 Å². The number of carbonyl (C=O) groups excluding carboxylic acids is 2. The van der Waals surface area contributed by atoms with Crippen molar-refractivity contribution >= 4 is 11.9 Å². The second kappa shape index (κ2) is 7.51. The third kappa shape index (κ3) is 3.66. The number of aryl methyl sites for hydroxylation is 2. The molecule has 0 aliphatic carbocycles. The van der Waals surface area contributed by atoms with Crippen LogP contribution in [0.25, 0.3) is 5.69 Å². The predicted octanol–water partition coefficient (Wildman–Crippen LogP) is 2.31. The number of ether oxygens (including phenoxy) is 1. The highest BCUT2D eigenvalue weighted by Crippen LogP contribution is 2.23. The van der Waals surface area contributed by atoms with E-state index in [1.54, 1.807) is 6.07 Å².